The van der Waals surface area contributed by atoms with Gasteiger partial charge in [0.2, 0.25) is 5.82 Å². The highest BCUT2D eigenvalue weighted by molar-refractivity contribution is 9.09. The maximum absolute atomic E-state index is 13.1. The van der Waals surface area contributed by atoms with Crippen LogP contribution in [0.3, 0.4) is 0 Å². The lowest BCUT2D eigenvalue weighted by Crippen LogP contribution is -2.13. The second kappa shape index (κ2) is 6.05. The van der Waals surface area contributed by atoms with Crippen molar-refractivity contribution in [1.29, 1.82) is 0 Å². The van der Waals surface area contributed by atoms with E-state index in [1.54, 1.807) is 0 Å². The second-order valence-corrected chi connectivity index (χ2v) is 3.94. The van der Waals surface area contributed by atoms with Crippen molar-refractivity contribution in [3.63, 3.8) is 0 Å². The Morgan fingerprint density at radius 1 is 1.40 bits per heavy atom. The Bertz CT molecular complexity index is 313. The number of benzene rings is 1. The molecule has 0 heterocycles. The van der Waals surface area contributed by atoms with E-state index in [-0.39, 0.29) is 5.75 Å². The van der Waals surface area contributed by atoms with Crippen LogP contribution in [0.4, 0.5) is 8.78 Å². The van der Waals surface area contributed by atoms with E-state index in [4.69, 9.17) is 4.74 Å². The molecule has 0 amide bonds. The molecule has 1 rings (SSSR count). The molecule has 1 atom stereocenters. The summed E-state index contributed by atoms with van der Waals surface area (Å²) in [5, 5.41) is 0.792. The molecule has 0 spiro atoms. The Labute approximate surface area is 96.6 Å². The molecular weight excluding hydrogens is 266 g/mol. The molecule has 0 aliphatic rings. The van der Waals surface area contributed by atoms with Crippen LogP contribution in [0.5, 0.6) is 5.75 Å². The molecule has 1 nitrogen and oxygen atoms in total. The van der Waals surface area contributed by atoms with Crippen molar-refractivity contribution in [2.24, 2.45) is 5.92 Å². The van der Waals surface area contributed by atoms with Gasteiger partial charge in [-0.1, -0.05) is 28.9 Å². The first kappa shape index (κ1) is 12.4. The first-order valence-corrected chi connectivity index (χ1v) is 5.94. The number of hydrogen-bond acceptors (Lipinski definition) is 1. The largest absolute Gasteiger partial charge is 0.490 e. The minimum absolute atomic E-state index is 0.0191. The maximum atomic E-state index is 13.1. The first-order chi connectivity index (χ1) is 7.19. The molecule has 0 saturated heterocycles. The van der Waals surface area contributed by atoms with Crippen LogP contribution >= 0.6 is 15.9 Å². The van der Waals surface area contributed by atoms with Crippen LogP contribution in [-0.4, -0.2) is 11.9 Å². The van der Waals surface area contributed by atoms with Crippen LogP contribution in [0.2, 0.25) is 0 Å². The van der Waals surface area contributed by atoms with E-state index in [1.165, 1.54) is 12.1 Å². The van der Waals surface area contributed by atoms with E-state index < -0.39 is 11.6 Å². The van der Waals surface area contributed by atoms with Crippen LogP contribution in [0, 0.1) is 17.6 Å². The van der Waals surface area contributed by atoms with Crippen LogP contribution in [0.25, 0.3) is 0 Å². The summed E-state index contributed by atoms with van der Waals surface area (Å²) in [7, 11) is 0. The van der Waals surface area contributed by atoms with Crippen molar-refractivity contribution in [1.82, 2.24) is 0 Å². The molecule has 0 fully saturated rings. The van der Waals surface area contributed by atoms with E-state index in [1.807, 2.05) is 6.92 Å². The predicted molar refractivity (Wildman–Crippen MR) is 59.4 cm³/mol. The molecule has 0 bridgehead atoms. The highest BCUT2D eigenvalue weighted by Gasteiger charge is 2.11. The number of hydrogen-bond donors (Lipinski definition) is 0. The highest BCUT2D eigenvalue weighted by atomic mass is 79.9. The summed E-state index contributed by atoms with van der Waals surface area (Å²) in [6.07, 6.45) is 0.933. The molecule has 0 aliphatic heterocycles. The van der Waals surface area contributed by atoms with Gasteiger partial charge in [0.15, 0.2) is 11.6 Å². The molecule has 84 valence electrons. The summed E-state index contributed by atoms with van der Waals surface area (Å²) in [5.41, 5.74) is 0. The quantitative estimate of drug-likeness (QED) is 0.745. The monoisotopic (exact) mass is 278 g/mol. The summed E-state index contributed by atoms with van der Waals surface area (Å²) in [4.78, 5) is 0. The number of halogens is 3. The SMILES string of the molecule is CCC(CBr)COc1cccc(F)c1F. The topological polar surface area (TPSA) is 9.23 Å². The summed E-state index contributed by atoms with van der Waals surface area (Å²) >= 11 is 3.33. The van der Waals surface area contributed by atoms with Gasteiger partial charge in [-0.25, -0.2) is 4.39 Å². The van der Waals surface area contributed by atoms with Crippen molar-refractivity contribution in [2.75, 3.05) is 11.9 Å². The van der Waals surface area contributed by atoms with Gasteiger partial charge < -0.3 is 4.74 Å². The van der Waals surface area contributed by atoms with Gasteiger partial charge in [-0.2, -0.15) is 4.39 Å². The molecule has 1 unspecified atom stereocenters. The lowest BCUT2D eigenvalue weighted by molar-refractivity contribution is 0.246. The third kappa shape index (κ3) is 3.45. The van der Waals surface area contributed by atoms with E-state index in [2.05, 4.69) is 15.9 Å². The van der Waals surface area contributed by atoms with Crippen molar-refractivity contribution < 1.29 is 13.5 Å². The summed E-state index contributed by atoms with van der Waals surface area (Å²) in [5.74, 6) is -1.50. The van der Waals surface area contributed by atoms with Gasteiger partial charge >= 0.3 is 0 Å². The molecule has 0 radical (unpaired) electrons. The molecule has 4 heteroatoms. The van der Waals surface area contributed by atoms with Gasteiger partial charge in [0, 0.05) is 11.2 Å². The van der Waals surface area contributed by atoms with Gasteiger partial charge in [0.05, 0.1) is 6.61 Å². The van der Waals surface area contributed by atoms with Crippen molar-refractivity contribution in [3.8, 4) is 5.75 Å². The minimum Gasteiger partial charge on any atom is -0.490 e. The van der Waals surface area contributed by atoms with Crippen LogP contribution < -0.4 is 4.74 Å². The summed E-state index contributed by atoms with van der Waals surface area (Å²) < 4.78 is 31.2. The number of ether oxygens (including phenoxy) is 1. The smallest absolute Gasteiger partial charge is 0.200 e. The van der Waals surface area contributed by atoms with E-state index >= 15 is 0 Å². The third-order valence-electron chi connectivity index (χ3n) is 2.19. The van der Waals surface area contributed by atoms with Gasteiger partial charge in [-0.3, -0.25) is 0 Å². The molecule has 1 aromatic carbocycles. The lowest BCUT2D eigenvalue weighted by atomic mass is 10.1. The van der Waals surface area contributed by atoms with Crippen molar-refractivity contribution in [3.05, 3.63) is 29.8 Å². The molecule has 0 aromatic heterocycles. The Morgan fingerprint density at radius 3 is 2.73 bits per heavy atom. The van der Waals surface area contributed by atoms with Crippen molar-refractivity contribution >= 4 is 15.9 Å². The molecule has 0 aliphatic carbocycles. The fourth-order valence-corrected chi connectivity index (χ4v) is 1.72. The predicted octanol–water partition coefficient (Wildman–Crippen LogP) is 3.76. The Hall–Kier alpha value is -0.640. The normalized spacial score (nSPS) is 12.5. The zero-order valence-corrected chi connectivity index (χ0v) is 10.1. The zero-order chi connectivity index (χ0) is 11.3. The van der Waals surface area contributed by atoms with Crippen molar-refractivity contribution in [2.45, 2.75) is 13.3 Å². The first-order valence-electron chi connectivity index (χ1n) is 4.81. The van der Waals surface area contributed by atoms with E-state index in [0.29, 0.717) is 12.5 Å². The molecule has 1 aromatic rings. The average Bonchev–Trinajstić information content (AvgIpc) is 2.25. The second-order valence-electron chi connectivity index (χ2n) is 3.29. The van der Waals surface area contributed by atoms with Gasteiger partial charge in [0.1, 0.15) is 0 Å². The Morgan fingerprint density at radius 2 is 2.13 bits per heavy atom. The fraction of sp³-hybridized carbons (Fsp3) is 0.455. The van der Waals surface area contributed by atoms with Gasteiger partial charge in [0.25, 0.3) is 0 Å². The van der Waals surface area contributed by atoms with Crippen LogP contribution in [-0.2, 0) is 0 Å². The average molecular weight is 279 g/mol. The van der Waals surface area contributed by atoms with Crippen LogP contribution in [0.15, 0.2) is 18.2 Å². The number of rotatable bonds is 5. The Kier molecular flexibility index (Phi) is 5.02. The minimum atomic E-state index is -0.915. The molecule has 15 heavy (non-hydrogen) atoms. The fourth-order valence-electron chi connectivity index (χ4n) is 1.07. The van der Waals surface area contributed by atoms with Crippen LogP contribution in [0.1, 0.15) is 13.3 Å². The standard InChI is InChI=1S/C11H13BrF2O/c1-2-8(6-12)7-15-10-5-3-4-9(13)11(10)14/h3-5,8H,2,6-7H2,1H3. The number of alkyl halides is 1. The summed E-state index contributed by atoms with van der Waals surface area (Å²) in [6.45, 7) is 2.42. The van der Waals surface area contributed by atoms with E-state index in [9.17, 15) is 8.78 Å². The zero-order valence-electron chi connectivity index (χ0n) is 8.47. The molecule has 0 saturated carbocycles. The van der Waals surface area contributed by atoms with Gasteiger partial charge in [-0.05, 0) is 18.6 Å². The molecular formula is C11H13BrF2O. The molecule has 0 N–H and O–H groups in total. The summed E-state index contributed by atoms with van der Waals surface area (Å²) in [6, 6.07) is 3.94. The van der Waals surface area contributed by atoms with E-state index in [0.717, 1.165) is 17.8 Å². The highest BCUT2D eigenvalue weighted by Crippen LogP contribution is 2.20. The maximum Gasteiger partial charge on any atom is 0.200 e. The van der Waals surface area contributed by atoms with Gasteiger partial charge in [-0.15, -0.1) is 0 Å². The Balaban J connectivity index is 2.61. The lowest BCUT2D eigenvalue weighted by Gasteiger charge is -2.13. The third-order valence-corrected chi connectivity index (χ3v) is 3.10.